The molecule has 1 aromatic heterocycles. The number of aryl methyl sites for hydroxylation is 1. The van der Waals surface area contributed by atoms with E-state index in [1.807, 2.05) is 12.4 Å². The Hall–Kier alpha value is -0.870. The SMILES string of the molecule is Cc1cnoc1CNO. The second-order valence-corrected chi connectivity index (χ2v) is 1.77. The Bertz CT molecular complexity index is 185. The summed E-state index contributed by atoms with van der Waals surface area (Å²) >= 11 is 0. The van der Waals surface area contributed by atoms with Crippen LogP contribution in [0.3, 0.4) is 0 Å². The molecule has 0 saturated heterocycles. The van der Waals surface area contributed by atoms with Crippen LogP contribution < -0.4 is 5.48 Å². The highest BCUT2D eigenvalue weighted by Gasteiger charge is 1.99. The first-order valence-electron chi connectivity index (χ1n) is 2.61. The molecule has 0 fully saturated rings. The van der Waals surface area contributed by atoms with Crippen LogP contribution in [0, 0.1) is 6.92 Å². The molecule has 0 amide bonds. The van der Waals surface area contributed by atoms with Gasteiger partial charge in [0.05, 0.1) is 12.7 Å². The Morgan fingerprint density at radius 1 is 1.89 bits per heavy atom. The highest BCUT2D eigenvalue weighted by atomic mass is 16.5. The second-order valence-electron chi connectivity index (χ2n) is 1.77. The summed E-state index contributed by atoms with van der Waals surface area (Å²) in [5.41, 5.74) is 2.92. The van der Waals surface area contributed by atoms with Gasteiger partial charge in [-0.1, -0.05) is 5.16 Å². The van der Waals surface area contributed by atoms with Crippen molar-refractivity contribution < 1.29 is 9.73 Å². The minimum absolute atomic E-state index is 0.311. The average Bonchev–Trinajstić information content (AvgIpc) is 2.18. The third-order valence-corrected chi connectivity index (χ3v) is 1.09. The third kappa shape index (κ3) is 1.28. The summed E-state index contributed by atoms with van der Waals surface area (Å²) in [5, 5.41) is 11.7. The summed E-state index contributed by atoms with van der Waals surface area (Å²) < 4.78 is 4.73. The van der Waals surface area contributed by atoms with Crippen molar-refractivity contribution >= 4 is 0 Å². The zero-order valence-corrected chi connectivity index (χ0v) is 5.09. The predicted octanol–water partition coefficient (Wildman–Crippen LogP) is 0.462. The first-order valence-corrected chi connectivity index (χ1v) is 2.61. The zero-order chi connectivity index (χ0) is 6.69. The van der Waals surface area contributed by atoms with Gasteiger partial charge >= 0.3 is 0 Å². The number of hydrogen-bond acceptors (Lipinski definition) is 4. The monoisotopic (exact) mass is 128 g/mol. The van der Waals surface area contributed by atoms with Gasteiger partial charge in [-0.15, -0.1) is 0 Å². The first kappa shape index (κ1) is 6.25. The number of rotatable bonds is 2. The normalized spacial score (nSPS) is 10.0. The van der Waals surface area contributed by atoms with Crippen molar-refractivity contribution in [2.24, 2.45) is 0 Å². The van der Waals surface area contributed by atoms with Crippen LogP contribution in [0.25, 0.3) is 0 Å². The van der Waals surface area contributed by atoms with Gasteiger partial charge < -0.3 is 9.73 Å². The molecule has 0 saturated carbocycles. The molecule has 0 spiro atoms. The number of hydrogen-bond donors (Lipinski definition) is 2. The van der Waals surface area contributed by atoms with Gasteiger partial charge in [-0.05, 0) is 6.92 Å². The fraction of sp³-hybridized carbons (Fsp3) is 0.400. The summed E-state index contributed by atoms with van der Waals surface area (Å²) in [6, 6.07) is 0. The molecule has 0 aliphatic heterocycles. The summed E-state index contributed by atoms with van der Waals surface area (Å²) in [7, 11) is 0. The zero-order valence-electron chi connectivity index (χ0n) is 5.09. The topological polar surface area (TPSA) is 58.3 Å². The van der Waals surface area contributed by atoms with E-state index in [1.165, 1.54) is 0 Å². The Balaban J connectivity index is 2.69. The molecule has 0 unspecified atom stereocenters. The molecule has 1 aromatic rings. The predicted molar refractivity (Wildman–Crippen MR) is 29.9 cm³/mol. The van der Waals surface area contributed by atoms with Gasteiger partial charge in [0.2, 0.25) is 0 Å². The Labute approximate surface area is 52.4 Å². The van der Waals surface area contributed by atoms with Crippen LogP contribution in [0.2, 0.25) is 0 Å². The van der Waals surface area contributed by atoms with Crippen LogP contribution in [-0.4, -0.2) is 10.4 Å². The van der Waals surface area contributed by atoms with Crippen LogP contribution in [0.1, 0.15) is 11.3 Å². The maximum Gasteiger partial charge on any atom is 0.155 e. The van der Waals surface area contributed by atoms with Gasteiger partial charge in [0.25, 0.3) is 0 Å². The molecule has 0 aliphatic carbocycles. The van der Waals surface area contributed by atoms with Crippen molar-refractivity contribution in [3.05, 3.63) is 17.5 Å². The van der Waals surface area contributed by atoms with E-state index in [0.717, 1.165) is 5.56 Å². The molecule has 4 nitrogen and oxygen atoms in total. The number of hydroxylamine groups is 1. The molecular weight excluding hydrogens is 120 g/mol. The fourth-order valence-corrected chi connectivity index (χ4v) is 0.557. The van der Waals surface area contributed by atoms with Gasteiger partial charge in [-0.25, -0.2) is 0 Å². The second kappa shape index (κ2) is 2.61. The molecule has 50 valence electrons. The molecule has 0 atom stereocenters. The Morgan fingerprint density at radius 2 is 2.67 bits per heavy atom. The van der Waals surface area contributed by atoms with Gasteiger partial charge in [0, 0.05) is 5.56 Å². The van der Waals surface area contributed by atoms with E-state index in [4.69, 9.17) is 9.73 Å². The summed E-state index contributed by atoms with van der Waals surface area (Å²) in [5.74, 6) is 0.664. The van der Waals surface area contributed by atoms with Crippen LogP contribution in [0.4, 0.5) is 0 Å². The van der Waals surface area contributed by atoms with E-state index in [1.54, 1.807) is 6.20 Å². The van der Waals surface area contributed by atoms with Crippen molar-refractivity contribution in [3.63, 3.8) is 0 Å². The van der Waals surface area contributed by atoms with Gasteiger partial charge in [-0.2, -0.15) is 5.48 Å². The molecule has 1 rings (SSSR count). The lowest BCUT2D eigenvalue weighted by atomic mass is 10.3. The molecular formula is C5H8N2O2. The molecule has 0 aliphatic rings. The number of aromatic nitrogens is 1. The van der Waals surface area contributed by atoms with Crippen molar-refractivity contribution in [2.75, 3.05) is 0 Å². The lowest BCUT2D eigenvalue weighted by Gasteiger charge is -1.90. The minimum Gasteiger partial charge on any atom is -0.360 e. The van der Waals surface area contributed by atoms with E-state index in [9.17, 15) is 0 Å². The van der Waals surface area contributed by atoms with E-state index < -0.39 is 0 Å². The lowest BCUT2D eigenvalue weighted by Crippen LogP contribution is -2.05. The minimum atomic E-state index is 0.311. The first-order chi connectivity index (χ1) is 4.34. The van der Waals surface area contributed by atoms with Crippen LogP contribution in [-0.2, 0) is 6.54 Å². The van der Waals surface area contributed by atoms with Crippen molar-refractivity contribution in [1.29, 1.82) is 0 Å². The van der Waals surface area contributed by atoms with E-state index in [-0.39, 0.29) is 0 Å². The molecule has 0 radical (unpaired) electrons. The van der Waals surface area contributed by atoms with Gasteiger partial charge in [0.15, 0.2) is 5.76 Å². The number of nitrogens with zero attached hydrogens (tertiary/aromatic N) is 1. The highest BCUT2D eigenvalue weighted by Crippen LogP contribution is 2.03. The Kier molecular flexibility index (Phi) is 1.81. The lowest BCUT2D eigenvalue weighted by molar-refractivity contribution is 0.149. The van der Waals surface area contributed by atoms with Crippen LogP contribution in [0.15, 0.2) is 10.7 Å². The van der Waals surface area contributed by atoms with Crippen molar-refractivity contribution in [2.45, 2.75) is 13.5 Å². The molecule has 1 heterocycles. The molecule has 0 bridgehead atoms. The smallest absolute Gasteiger partial charge is 0.155 e. The summed E-state index contributed by atoms with van der Waals surface area (Å²) in [6.07, 6.45) is 1.60. The molecule has 0 aromatic carbocycles. The maximum atomic E-state index is 8.22. The molecule has 9 heavy (non-hydrogen) atoms. The fourth-order valence-electron chi connectivity index (χ4n) is 0.557. The molecule has 2 N–H and O–H groups in total. The van der Waals surface area contributed by atoms with Crippen LogP contribution in [0.5, 0.6) is 0 Å². The van der Waals surface area contributed by atoms with Crippen molar-refractivity contribution in [1.82, 2.24) is 10.6 Å². The average molecular weight is 128 g/mol. The highest BCUT2D eigenvalue weighted by molar-refractivity contribution is 5.09. The molecule has 4 heteroatoms. The summed E-state index contributed by atoms with van der Waals surface area (Å²) in [4.78, 5) is 0. The Morgan fingerprint density at radius 3 is 3.11 bits per heavy atom. The van der Waals surface area contributed by atoms with Crippen LogP contribution >= 0.6 is 0 Å². The quantitative estimate of drug-likeness (QED) is 0.568. The standard InChI is InChI=1S/C5H8N2O2/c1-4-2-7-9-5(4)3-6-8/h2,6,8H,3H2,1H3. The van der Waals surface area contributed by atoms with Crippen molar-refractivity contribution in [3.8, 4) is 0 Å². The largest absolute Gasteiger partial charge is 0.360 e. The number of nitrogens with one attached hydrogen (secondary N) is 1. The van der Waals surface area contributed by atoms with E-state index >= 15 is 0 Å². The summed E-state index contributed by atoms with van der Waals surface area (Å²) in [6.45, 7) is 2.18. The third-order valence-electron chi connectivity index (χ3n) is 1.09. The van der Waals surface area contributed by atoms with E-state index in [2.05, 4.69) is 5.16 Å². The van der Waals surface area contributed by atoms with E-state index in [0.29, 0.717) is 12.3 Å². The maximum absolute atomic E-state index is 8.22. The van der Waals surface area contributed by atoms with Gasteiger partial charge in [-0.3, -0.25) is 0 Å². The van der Waals surface area contributed by atoms with Gasteiger partial charge in [0.1, 0.15) is 0 Å².